The first-order valence-corrected chi connectivity index (χ1v) is 14.6. The molecule has 0 spiro atoms. The van der Waals surface area contributed by atoms with Crippen LogP contribution in [0.4, 0.5) is 4.79 Å². The van der Waals surface area contributed by atoms with Gasteiger partial charge in [-0.3, -0.25) is 20.1 Å². The molecule has 0 saturated carbocycles. The van der Waals surface area contributed by atoms with E-state index in [0.717, 1.165) is 19.3 Å². The van der Waals surface area contributed by atoms with Crippen molar-refractivity contribution in [1.29, 1.82) is 0 Å². The lowest BCUT2D eigenvalue weighted by atomic mass is 10.0. The minimum absolute atomic E-state index is 0.0602. The topological polar surface area (TPSA) is 185 Å². The average molecular weight is 620 g/mol. The van der Waals surface area contributed by atoms with Crippen LogP contribution in [-0.4, -0.2) is 77.1 Å². The number of rotatable bonds is 18. The first kappa shape index (κ1) is 36.3. The second-order valence-electron chi connectivity index (χ2n) is 11.3. The minimum Gasteiger partial charge on any atom is -0.508 e. The number of nitrogens with one attached hydrogen (secondary N) is 3. The van der Waals surface area contributed by atoms with Crippen LogP contribution in [0.25, 0.3) is 0 Å². The van der Waals surface area contributed by atoms with Crippen LogP contribution in [0.5, 0.6) is 11.5 Å². The van der Waals surface area contributed by atoms with Crippen LogP contribution in [0.1, 0.15) is 58.1 Å². The van der Waals surface area contributed by atoms with Gasteiger partial charge in [0, 0.05) is 19.4 Å². The molecule has 2 aromatic rings. The highest BCUT2D eigenvalue weighted by Crippen LogP contribution is 2.17. The van der Waals surface area contributed by atoms with Crippen LogP contribution in [0, 0.1) is 0 Å². The van der Waals surface area contributed by atoms with Gasteiger partial charge < -0.3 is 30.5 Å². The molecule has 2 aromatic carbocycles. The van der Waals surface area contributed by atoms with E-state index in [9.17, 15) is 19.5 Å². The third-order valence-electron chi connectivity index (χ3n) is 6.28. The zero-order chi connectivity index (χ0) is 32.5. The number of unbranched alkanes of at least 4 members (excludes halogenated alkanes) is 2. The highest BCUT2D eigenvalue weighted by Gasteiger charge is 2.29. The summed E-state index contributed by atoms with van der Waals surface area (Å²) in [6.07, 6.45) is 1.36. The van der Waals surface area contributed by atoms with Crippen molar-refractivity contribution in [2.24, 2.45) is 0 Å². The number of benzene rings is 2. The zero-order valence-corrected chi connectivity index (χ0v) is 25.7. The van der Waals surface area contributed by atoms with Crippen molar-refractivity contribution in [2.45, 2.75) is 83.6 Å². The molecule has 6 N–H and O–H groups in total. The molecule has 0 radical (unpaired) electrons. The molecule has 0 fully saturated rings. The van der Waals surface area contributed by atoms with Crippen molar-refractivity contribution in [1.82, 2.24) is 16.0 Å². The molecule has 0 heterocycles. The number of ether oxygens (including phenoxy) is 2. The van der Waals surface area contributed by atoms with Gasteiger partial charge >= 0.3 is 6.09 Å². The molecular formula is C31H45N3O10. The first-order chi connectivity index (χ1) is 20.9. The summed E-state index contributed by atoms with van der Waals surface area (Å²) in [5, 5.41) is 35.3. The van der Waals surface area contributed by atoms with Crippen molar-refractivity contribution in [3.05, 3.63) is 59.7 Å². The molecule has 244 valence electrons. The van der Waals surface area contributed by atoms with Gasteiger partial charge in [-0.1, -0.05) is 44.0 Å². The Kier molecular flexibility index (Phi) is 15.4. The largest absolute Gasteiger partial charge is 0.508 e. The van der Waals surface area contributed by atoms with E-state index in [1.807, 2.05) is 0 Å². The molecule has 2 atom stereocenters. The molecular weight excluding hydrogens is 574 g/mol. The Balaban J connectivity index is 2.24. The van der Waals surface area contributed by atoms with E-state index in [1.165, 1.54) is 12.1 Å². The monoisotopic (exact) mass is 619 g/mol. The molecule has 13 heteroatoms. The summed E-state index contributed by atoms with van der Waals surface area (Å²) in [6, 6.07) is 10.9. The van der Waals surface area contributed by atoms with E-state index < -0.39 is 35.8 Å². The van der Waals surface area contributed by atoms with Gasteiger partial charge in [-0.05, 0) is 62.6 Å². The van der Waals surface area contributed by atoms with E-state index in [4.69, 9.17) is 20.0 Å². The SMILES string of the molecule is CCCCCNC(=O)C(Cc1ccc(OC(COO)COO)cc1)NC(=O)C(Cc1ccc(O)cc1)NC(=O)OC(C)(C)C. The molecule has 3 amide bonds. The van der Waals surface area contributed by atoms with Crippen LogP contribution in [-0.2, 0) is 36.9 Å². The molecule has 44 heavy (non-hydrogen) atoms. The normalized spacial score (nSPS) is 12.7. The molecule has 2 rings (SSSR count). The van der Waals surface area contributed by atoms with Gasteiger partial charge in [-0.2, -0.15) is 0 Å². The molecule has 2 unspecified atom stereocenters. The maximum Gasteiger partial charge on any atom is 0.408 e. The standard InChI is InChI=1S/C31H45N3O10/c1-5-6-7-16-32-28(36)26(17-22-10-14-24(15-11-22)43-25(19-41-39)20-42-40)33-29(37)27(34-30(38)44-31(2,3)4)18-21-8-12-23(35)13-9-21/h8-15,25-27,35,39-40H,5-7,16-20H2,1-4H3,(H,32,36)(H,33,37)(H,34,38). The fourth-order valence-corrected chi connectivity index (χ4v) is 4.13. The molecule has 0 aliphatic heterocycles. The number of carbonyl (C=O) groups excluding carboxylic acids is 3. The van der Waals surface area contributed by atoms with Gasteiger partial charge in [0.25, 0.3) is 0 Å². The summed E-state index contributed by atoms with van der Waals surface area (Å²) >= 11 is 0. The van der Waals surface area contributed by atoms with Crippen LogP contribution in [0.15, 0.2) is 48.5 Å². The summed E-state index contributed by atoms with van der Waals surface area (Å²) in [5.41, 5.74) is 0.582. The van der Waals surface area contributed by atoms with E-state index in [0.29, 0.717) is 23.4 Å². The molecule has 0 aliphatic carbocycles. The Morgan fingerprint density at radius 1 is 0.795 bits per heavy atom. The van der Waals surface area contributed by atoms with Crippen molar-refractivity contribution in [3.63, 3.8) is 0 Å². The number of aromatic hydroxyl groups is 1. The Labute approximate surface area is 257 Å². The Hall–Kier alpha value is -3.91. The lowest BCUT2D eigenvalue weighted by Crippen LogP contribution is -2.55. The fourth-order valence-electron chi connectivity index (χ4n) is 4.13. The third-order valence-corrected chi connectivity index (χ3v) is 6.28. The van der Waals surface area contributed by atoms with Crippen molar-refractivity contribution in [2.75, 3.05) is 19.8 Å². The van der Waals surface area contributed by atoms with Gasteiger partial charge in [-0.25, -0.2) is 14.6 Å². The van der Waals surface area contributed by atoms with Crippen LogP contribution in [0.3, 0.4) is 0 Å². The van der Waals surface area contributed by atoms with Crippen LogP contribution < -0.4 is 20.7 Å². The number of phenols is 1. The summed E-state index contributed by atoms with van der Waals surface area (Å²) in [7, 11) is 0. The van der Waals surface area contributed by atoms with E-state index in [2.05, 4.69) is 32.6 Å². The van der Waals surface area contributed by atoms with Gasteiger partial charge in [-0.15, -0.1) is 0 Å². The highest BCUT2D eigenvalue weighted by atomic mass is 17.1. The summed E-state index contributed by atoms with van der Waals surface area (Å²) < 4.78 is 11.0. The van der Waals surface area contributed by atoms with E-state index >= 15 is 0 Å². The molecule has 0 saturated heterocycles. The maximum absolute atomic E-state index is 13.6. The lowest BCUT2D eigenvalue weighted by molar-refractivity contribution is -0.286. The smallest absolute Gasteiger partial charge is 0.408 e. The van der Waals surface area contributed by atoms with Gasteiger partial charge in [0.1, 0.15) is 42.4 Å². The molecule has 0 aromatic heterocycles. The van der Waals surface area contributed by atoms with Crippen LogP contribution in [0.2, 0.25) is 0 Å². The Morgan fingerprint density at radius 3 is 1.86 bits per heavy atom. The van der Waals surface area contributed by atoms with E-state index in [1.54, 1.807) is 57.2 Å². The summed E-state index contributed by atoms with van der Waals surface area (Å²) in [5.74, 6) is -0.512. The van der Waals surface area contributed by atoms with Gasteiger partial charge in [0.2, 0.25) is 11.8 Å². The second-order valence-corrected chi connectivity index (χ2v) is 11.3. The van der Waals surface area contributed by atoms with E-state index in [-0.39, 0.29) is 37.7 Å². The third kappa shape index (κ3) is 14.0. The highest BCUT2D eigenvalue weighted by molar-refractivity contribution is 5.91. The van der Waals surface area contributed by atoms with Crippen molar-refractivity contribution < 1.29 is 49.3 Å². The number of amides is 3. The number of phenolic OH excluding ortho intramolecular Hbond substituents is 1. The summed E-state index contributed by atoms with van der Waals surface area (Å²) in [6.45, 7) is 7.14. The van der Waals surface area contributed by atoms with Crippen molar-refractivity contribution >= 4 is 17.9 Å². The quantitative estimate of drug-likeness (QED) is 0.0819. The second kappa shape index (κ2) is 18.7. The first-order valence-electron chi connectivity index (χ1n) is 14.6. The molecule has 13 nitrogen and oxygen atoms in total. The lowest BCUT2D eigenvalue weighted by Gasteiger charge is -2.25. The zero-order valence-electron chi connectivity index (χ0n) is 25.7. The van der Waals surface area contributed by atoms with Gasteiger partial charge in [0.05, 0.1) is 0 Å². The Morgan fingerprint density at radius 2 is 1.34 bits per heavy atom. The van der Waals surface area contributed by atoms with Crippen LogP contribution >= 0.6 is 0 Å². The fraction of sp³-hybridized carbons (Fsp3) is 0.516. The van der Waals surface area contributed by atoms with Gasteiger partial charge in [0.15, 0.2) is 6.10 Å². The number of hydrogen-bond donors (Lipinski definition) is 6. The maximum atomic E-state index is 13.6. The average Bonchev–Trinajstić information content (AvgIpc) is 2.96. The predicted octanol–water partition coefficient (Wildman–Crippen LogP) is 3.59. The molecule has 0 aliphatic rings. The number of alkyl carbamates (subject to hydrolysis) is 1. The number of hydrogen-bond acceptors (Lipinski definition) is 10. The predicted molar refractivity (Wildman–Crippen MR) is 161 cm³/mol. The Bertz CT molecular complexity index is 1150. The summed E-state index contributed by atoms with van der Waals surface area (Å²) in [4.78, 5) is 47.7. The number of carbonyl (C=O) groups is 3. The minimum atomic E-state index is -1.08. The van der Waals surface area contributed by atoms with Crippen molar-refractivity contribution in [3.8, 4) is 11.5 Å². The molecule has 0 bridgehead atoms.